The molecule has 0 bridgehead atoms. The van der Waals surface area contributed by atoms with E-state index in [4.69, 9.17) is 9.47 Å². The second kappa shape index (κ2) is 8.82. The van der Waals surface area contributed by atoms with Gasteiger partial charge in [0.15, 0.2) is 11.5 Å². The summed E-state index contributed by atoms with van der Waals surface area (Å²) in [5.41, 5.74) is 3.47. The molecule has 0 spiro atoms. The second-order valence-electron chi connectivity index (χ2n) is 7.85. The Kier molecular flexibility index (Phi) is 6.11. The minimum absolute atomic E-state index is 0.0157. The van der Waals surface area contributed by atoms with Crippen molar-refractivity contribution in [2.24, 2.45) is 5.92 Å². The first-order valence-corrected chi connectivity index (χ1v) is 10.9. The molecule has 0 aromatic heterocycles. The fourth-order valence-electron chi connectivity index (χ4n) is 4.55. The van der Waals surface area contributed by atoms with Gasteiger partial charge in [0.2, 0.25) is 0 Å². The second-order valence-corrected chi connectivity index (χ2v) is 8.76. The predicted octanol–water partition coefficient (Wildman–Crippen LogP) is 6.24. The molecule has 166 valence electrons. The Morgan fingerprint density at radius 1 is 1.00 bits per heavy atom. The number of methoxy groups -OCH3 is 2. The molecule has 0 amide bonds. The number of fused-ring (bicyclic) bond motifs is 1. The van der Waals surface area contributed by atoms with E-state index >= 15 is 0 Å². The molecule has 7 heteroatoms. The third kappa shape index (κ3) is 3.93. The third-order valence-corrected chi connectivity index (χ3v) is 6.50. The number of carboxylic acids is 1. The van der Waals surface area contributed by atoms with E-state index in [0.717, 1.165) is 16.7 Å². The maximum absolute atomic E-state index is 13.6. The Morgan fingerprint density at radius 3 is 2.28 bits per heavy atom. The van der Waals surface area contributed by atoms with Gasteiger partial charge in [-0.25, -0.2) is 9.18 Å². The van der Waals surface area contributed by atoms with Gasteiger partial charge in [0.05, 0.1) is 31.5 Å². The van der Waals surface area contributed by atoms with Crippen molar-refractivity contribution in [3.63, 3.8) is 0 Å². The first-order valence-electron chi connectivity index (χ1n) is 10.1. The molecule has 32 heavy (non-hydrogen) atoms. The number of hydrogen-bond acceptors (Lipinski definition) is 4. The van der Waals surface area contributed by atoms with E-state index in [1.807, 2.05) is 24.3 Å². The Bertz CT molecular complexity index is 1170. The summed E-state index contributed by atoms with van der Waals surface area (Å²) in [7, 11) is 3.17. The van der Waals surface area contributed by atoms with Crippen LogP contribution in [0.5, 0.6) is 11.5 Å². The van der Waals surface area contributed by atoms with Crippen LogP contribution >= 0.6 is 15.9 Å². The van der Waals surface area contributed by atoms with Crippen molar-refractivity contribution in [3.05, 3.63) is 87.1 Å². The SMILES string of the molecule is COc1ccc([C@@H]2c3cc(Br)cc(C(=O)O)c3N[C@H](c3ccc(F)cc3)[C@H]2C)cc1OC. The van der Waals surface area contributed by atoms with Gasteiger partial charge in [-0.2, -0.15) is 0 Å². The first-order chi connectivity index (χ1) is 15.3. The highest BCUT2D eigenvalue weighted by molar-refractivity contribution is 9.10. The first kappa shape index (κ1) is 22.1. The lowest BCUT2D eigenvalue weighted by Crippen LogP contribution is -2.32. The van der Waals surface area contributed by atoms with E-state index < -0.39 is 5.97 Å². The van der Waals surface area contributed by atoms with Crippen molar-refractivity contribution in [1.82, 2.24) is 0 Å². The molecule has 2 N–H and O–H groups in total. The number of aromatic carboxylic acids is 1. The number of halogens is 2. The normalized spacial score (nSPS) is 19.6. The smallest absolute Gasteiger partial charge is 0.337 e. The molecule has 1 aliphatic heterocycles. The van der Waals surface area contributed by atoms with Crippen LogP contribution in [0.3, 0.4) is 0 Å². The van der Waals surface area contributed by atoms with Crippen LogP contribution in [0, 0.1) is 11.7 Å². The number of benzene rings is 3. The highest BCUT2D eigenvalue weighted by Crippen LogP contribution is 2.50. The zero-order chi connectivity index (χ0) is 23.0. The van der Waals surface area contributed by atoms with E-state index in [1.165, 1.54) is 12.1 Å². The van der Waals surface area contributed by atoms with Gasteiger partial charge in [-0.1, -0.05) is 41.1 Å². The highest BCUT2D eigenvalue weighted by atomic mass is 79.9. The number of carboxylic acid groups (broad SMARTS) is 1. The summed E-state index contributed by atoms with van der Waals surface area (Å²) in [5.74, 6) is -0.242. The van der Waals surface area contributed by atoms with Gasteiger partial charge < -0.3 is 19.9 Å². The lowest BCUT2D eigenvalue weighted by Gasteiger charge is -2.40. The zero-order valence-corrected chi connectivity index (χ0v) is 19.4. The van der Waals surface area contributed by atoms with E-state index in [9.17, 15) is 14.3 Å². The number of hydrogen-bond donors (Lipinski definition) is 2. The summed E-state index contributed by atoms with van der Waals surface area (Å²) in [6.45, 7) is 2.10. The average Bonchev–Trinajstić information content (AvgIpc) is 2.78. The van der Waals surface area contributed by atoms with E-state index in [1.54, 1.807) is 32.4 Å². The van der Waals surface area contributed by atoms with Gasteiger partial charge >= 0.3 is 5.97 Å². The summed E-state index contributed by atoms with van der Waals surface area (Å²) >= 11 is 3.47. The van der Waals surface area contributed by atoms with Crippen molar-refractivity contribution >= 4 is 27.6 Å². The number of ether oxygens (including phenoxy) is 2. The Hall–Kier alpha value is -3.06. The molecule has 0 saturated carbocycles. The Morgan fingerprint density at radius 2 is 1.66 bits per heavy atom. The van der Waals surface area contributed by atoms with Gasteiger partial charge in [0.25, 0.3) is 0 Å². The van der Waals surface area contributed by atoms with E-state index in [-0.39, 0.29) is 29.3 Å². The third-order valence-electron chi connectivity index (χ3n) is 6.05. The molecule has 3 aromatic carbocycles. The van der Waals surface area contributed by atoms with Crippen molar-refractivity contribution in [2.45, 2.75) is 18.9 Å². The Labute approximate surface area is 194 Å². The Balaban J connectivity index is 1.93. The lowest BCUT2D eigenvalue weighted by atomic mass is 9.72. The molecule has 1 heterocycles. The number of anilines is 1. The molecule has 0 aliphatic carbocycles. The van der Waals surface area contributed by atoms with Crippen molar-refractivity contribution in [3.8, 4) is 11.5 Å². The maximum atomic E-state index is 13.6. The van der Waals surface area contributed by atoms with Crippen LogP contribution in [-0.2, 0) is 0 Å². The van der Waals surface area contributed by atoms with Crippen LogP contribution in [0.2, 0.25) is 0 Å². The van der Waals surface area contributed by atoms with Crippen molar-refractivity contribution in [1.29, 1.82) is 0 Å². The standard InChI is InChI=1S/C25H23BrFNO4/c1-13-22(15-6-9-20(31-2)21(10-15)32-3)18-11-16(26)12-19(25(29)30)24(18)28-23(13)14-4-7-17(27)8-5-14/h4-13,22-23,28H,1-3H3,(H,29,30)/t13-,22+,23-/m0/s1. The van der Waals surface area contributed by atoms with Crippen molar-refractivity contribution < 1.29 is 23.8 Å². The highest BCUT2D eigenvalue weighted by Gasteiger charge is 2.38. The maximum Gasteiger partial charge on any atom is 0.337 e. The molecule has 0 unspecified atom stereocenters. The van der Waals surface area contributed by atoms with E-state index in [0.29, 0.717) is 21.7 Å². The van der Waals surface area contributed by atoms with Crippen LogP contribution in [0.4, 0.5) is 10.1 Å². The molecular formula is C25H23BrFNO4. The molecule has 4 rings (SSSR count). The summed E-state index contributed by atoms with van der Waals surface area (Å²) in [4.78, 5) is 12.1. The van der Waals surface area contributed by atoms with Crippen LogP contribution in [0.1, 0.15) is 45.9 Å². The van der Waals surface area contributed by atoms with Crippen LogP contribution in [0.15, 0.2) is 59.1 Å². The fourth-order valence-corrected chi connectivity index (χ4v) is 5.03. The molecular weight excluding hydrogens is 477 g/mol. The molecule has 0 radical (unpaired) electrons. The van der Waals surface area contributed by atoms with Crippen LogP contribution < -0.4 is 14.8 Å². The van der Waals surface area contributed by atoms with Crippen LogP contribution in [-0.4, -0.2) is 25.3 Å². The molecule has 5 nitrogen and oxygen atoms in total. The minimum atomic E-state index is -1.02. The predicted molar refractivity (Wildman–Crippen MR) is 124 cm³/mol. The van der Waals surface area contributed by atoms with Gasteiger partial charge in [-0.05, 0) is 59.0 Å². The molecule has 3 aromatic rings. The quantitative estimate of drug-likeness (QED) is 0.434. The number of nitrogens with one attached hydrogen (secondary N) is 1. The topological polar surface area (TPSA) is 67.8 Å². The molecule has 0 fully saturated rings. The largest absolute Gasteiger partial charge is 0.493 e. The van der Waals surface area contributed by atoms with Gasteiger partial charge in [0, 0.05) is 10.4 Å². The zero-order valence-electron chi connectivity index (χ0n) is 17.9. The lowest BCUT2D eigenvalue weighted by molar-refractivity contribution is 0.0697. The number of carbonyl (C=O) groups is 1. The summed E-state index contributed by atoms with van der Waals surface area (Å²) in [5, 5.41) is 13.3. The number of rotatable bonds is 5. The summed E-state index contributed by atoms with van der Waals surface area (Å²) < 4.78 is 25.2. The minimum Gasteiger partial charge on any atom is -0.493 e. The van der Waals surface area contributed by atoms with Crippen molar-refractivity contribution in [2.75, 3.05) is 19.5 Å². The monoisotopic (exact) mass is 499 g/mol. The summed E-state index contributed by atoms with van der Waals surface area (Å²) in [6.07, 6.45) is 0. The molecule has 3 atom stereocenters. The van der Waals surface area contributed by atoms with Gasteiger partial charge in [-0.3, -0.25) is 0 Å². The molecule has 0 saturated heterocycles. The van der Waals surface area contributed by atoms with Gasteiger partial charge in [0.1, 0.15) is 5.82 Å². The van der Waals surface area contributed by atoms with Crippen LogP contribution in [0.25, 0.3) is 0 Å². The fraction of sp³-hybridized carbons (Fsp3) is 0.240. The summed E-state index contributed by atoms with van der Waals surface area (Å²) in [6, 6.07) is 15.4. The van der Waals surface area contributed by atoms with Gasteiger partial charge in [-0.15, -0.1) is 0 Å². The molecule has 1 aliphatic rings. The average molecular weight is 500 g/mol. The van der Waals surface area contributed by atoms with E-state index in [2.05, 4.69) is 28.2 Å².